The first-order valence-corrected chi connectivity index (χ1v) is 9.67. The Hall–Kier alpha value is -1.17. The fourth-order valence-electron chi connectivity index (χ4n) is 3.72. The van der Waals surface area contributed by atoms with E-state index in [0.29, 0.717) is 12.3 Å². The molecule has 1 aliphatic heterocycles. The van der Waals surface area contributed by atoms with Crippen molar-refractivity contribution < 1.29 is 24.8 Å². The van der Waals surface area contributed by atoms with Crippen LogP contribution >= 0.6 is 0 Å². The number of hydrogen-bond acceptors (Lipinski definition) is 4. The van der Waals surface area contributed by atoms with Gasteiger partial charge in [0.25, 0.3) is 0 Å². The number of rotatable bonds is 12. The van der Waals surface area contributed by atoms with Crippen molar-refractivity contribution in [1.29, 1.82) is 0 Å². The molecule has 1 saturated heterocycles. The number of carbonyl (C=O) groups is 1. The lowest BCUT2D eigenvalue weighted by Gasteiger charge is -2.27. The predicted octanol–water partition coefficient (Wildman–Crippen LogP) is 4.02. The normalized spacial score (nSPS) is 29.8. The lowest BCUT2D eigenvalue weighted by molar-refractivity contribution is -0.336. The lowest BCUT2D eigenvalue weighted by atomic mass is 9.89. The molecule has 25 heavy (non-hydrogen) atoms. The first-order valence-electron chi connectivity index (χ1n) is 9.67. The van der Waals surface area contributed by atoms with E-state index in [2.05, 4.69) is 25.2 Å². The van der Waals surface area contributed by atoms with Gasteiger partial charge in [0.05, 0.1) is 12.2 Å². The standard InChI is InChI=1S/C20H32O5/c1-2-3-6-9-15(21)12-13-17-16(18-14-19(17)25-24-18)10-7-4-5-8-11-20(22)23/h4,7,12-13,15-19,21H,2-3,5-6,8-11,14H2,1H3,(H,22,23)/b7-4-,13-12+/t15-,16+,17+,18-,19+/m1/s1. The van der Waals surface area contributed by atoms with Crippen LogP contribution in [0, 0.1) is 11.8 Å². The van der Waals surface area contributed by atoms with E-state index in [4.69, 9.17) is 14.9 Å². The van der Waals surface area contributed by atoms with Crippen molar-refractivity contribution in [2.75, 3.05) is 0 Å². The SMILES string of the molecule is CCCCC[C@@H](O)/C=C/[C@H]1[C@H](C/C=C\CCCC(=O)O)[C@H]2C[C@@H]1OO2. The molecule has 142 valence electrons. The number of unbranched alkanes of at least 4 members (excludes halogenated alkanes) is 3. The average Bonchev–Trinajstić information content (AvgIpc) is 3.17. The number of fused-ring (bicyclic) bond motifs is 2. The van der Waals surface area contributed by atoms with Crippen LogP contribution in [0.25, 0.3) is 0 Å². The van der Waals surface area contributed by atoms with Crippen LogP contribution < -0.4 is 0 Å². The van der Waals surface area contributed by atoms with E-state index in [1.807, 2.05) is 6.08 Å². The zero-order chi connectivity index (χ0) is 18.1. The van der Waals surface area contributed by atoms with Gasteiger partial charge in [-0.3, -0.25) is 4.79 Å². The third-order valence-electron chi connectivity index (χ3n) is 5.16. The van der Waals surface area contributed by atoms with Crippen molar-refractivity contribution in [3.63, 3.8) is 0 Å². The molecular weight excluding hydrogens is 320 g/mol. The molecule has 2 aliphatic rings. The van der Waals surface area contributed by atoms with Crippen LogP contribution in [0.3, 0.4) is 0 Å². The van der Waals surface area contributed by atoms with Gasteiger partial charge in [-0.2, -0.15) is 0 Å². The molecule has 0 aromatic rings. The topological polar surface area (TPSA) is 76.0 Å². The van der Waals surface area contributed by atoms with E-state index < -0.39 is 5.97 Å². The molecule has 1 aliphatic carbocycles. The molecule has 1 heterocycles. The fraction of sp³-hybridized carbons (Fsp3) is 0.750. The van der Waals surface area contributed by atoms with Crippen LogP contribution in [0.1, 0.15) is 64.7 Å². The second-order valence-corrected chi connectivity index (χ2v) is 7.19. The Morgan fingerprint density at radius 1 is 1.20 bits per heavy atom. The number of carboxylic acid groups (broad SMARTS) is 1. The van der Waals surface area contributed by atoms with E-state index in [-0.39, 0.29) is 30.7 Å². The molecule has 0 amide bonds. The van der Waals surface area contributed by atoms with Gasteiger partial charge in [-0.25, -0.2) is 9.78 Å². The second-order valence-electron chi connectivity index (χ2n) is 7.19. The Kier molecular flexibility index (Phi) is 8.65. The van der Waals surface area contributed by atoms with Crippen LogP contribution in [-0.4, -0.2) is 34.5 Å². The quantitative estimate of drug-likeness (QED) is 0.315. The van der Waals surface area contributed by atoms with Gasteiger partial charge in [-0.1, -0.05) is 50.5 Å². The highest BCUT2D eigenvalue weighted by Crippen LogP contribution is 2.44. The van der Waals surface area contributed by atoms with Gasteiger partial charge in [-0.15, -0.1) is 0 Å². The minimum atomic E-state index is -0.741. The summed E-state index contributed by atoms with van der Waals surface area (Å²) in [4.78, 5) is 21.3. The molecule has 0 unspecified atom stereocenters. The Morgan fingerprint density at radius 3 is 2.76 bits per heavy atom. The van der Waals surface area contributed by atoms with Crippen LogP contribution in [-0.2, 0) is 14.6 Å². The number of allylic oxidation sites excluding steroid dienone is 2. The monoisotopic (exact) mass is 352 g/mol. The smallest absolute Gasteiger partial charge is 0.303 e. The van der Waals surface area contributed by atoms with Crippen molar-refractivity contribution in [2.45, 2.75) is 83.0 Å². The molecule has 2 N–H and O–H groups in total. The van der Waals surface area contributed by atoms with Crippen LogP contribution in [0.5, 0.6) is 0 Å². The summed E-state index contributed by atoms with van der Waals surface area (Å²) in [5.74, 6) is -0.0912. The third-order valence-corrected chi connectivity index (χ3v) is 5.16. The maximum Gasteiger partial charge on any atom is 0.303 e. The Bertz CT molecular complexity index is 459. The molecule has 5 nitrogen and oxygen atoms in total. The predicted molar refractivity (Wildman–Crippen MR) is 95.9 cm³/mol. The van der Waals surface area contributed by atoms with E-state index in [9.17, 15) is 9.90 Å². The Morgan fingerprint density at radius 2 is 2.00 bits per heavy atom. The van der Waals surface area contributed by atoms with E-state index in [1.54, 1.807) is 0 Å². The van der Waals surface area contributed by atoms with Gasteiger partial charge < -0.3 is 10.2 Å². The zero-order valence-corrected chi connectivity index (χ0v) is 15.2. The average molecular weight is 352 g/mol. The number of hydrogen-bond donors (Lipinski definition) is 2. The molecular formula is C20H32O5. The van der Waals surface area contributed by atoms with Crippen LogP contribution in [0.2, 0.25) is 0 Å². The fourth-order valence-corrected chi connectivity index (χ4v) is 3.72. The molecule has 0 aromatic heterocycles. The zero-order valence-electron chi connectivity index (χ0n) is 15.2. The molecule has 1 saturated carbocycles. The van der Waals surface area contributed by atoms with Crippen molar-refractivity contribution in [1.82, 2.24) is 0 Å². The van der Waals surface area contributed by atoms with Crippen molar-refractivity contribution in [3.05, 3.63) is 24.3 Å². The lowest BCUT2D eigenvalue weighted by Crippen LogP contribution is -2.28. The Balaban J connectivity index is 1.78. The first kappa shape index (κ1) is 20.1. The molecule has 0 radical (unpaired) electrons. The first-order chi connectivity index (χ1) is 12.1. The summed E-state index contributed by atoms with van der Waals surface area (Å²) in [5.41, 5.74) is 0. The molecule has 2 rings (SSSR count). The number of aliphatic hydroxyl groups is 1. The molecule has 2 bridgehead atoms. The van der Waals surface area contributed by atoms with E-state index in [1.165, 1.54) is 0 Å². The van der Waals surface area contributed by atoms with Crippen molar-refractivity contribution in [2.24, 2.45) is 11.8 Å². The maximum atomic E-state index is 10.5. The number of aliphatic carboxylic acids is 1. The minimum absolute atomic E-state index is 0.0921. The third kappa shape index (κ3) is 6.57. The molecule has 2 fully saturated rings. The molecule has 0 spiro atoms. The maximum absolute atomic E-state index is 10.5. The molecule has 5 heteroatoms. The van der Waals surface area contributed by atoms with Crippen LogP contribution in [0.4, 0.5) is 0 Å². The van der Waals surface area contributed by atoms with E-state index >= 15 is 0 Å². The minimum Gasteiger partial charge on any atom is -0.481 e. The van der Waals surface area contributed by atoms with Gasteiger partial charge >= 0.3 is 5.97 Å². The summed E-state index contributed by atoms with van der Waals surface area (Å²) in [7, 11) is 0. The second kappa shape index (κ2) is 10.7. The van der Waals surface area contributed by atoms with Gasteiger partial charge in [0, 0.05) is 24.7 Å². The van der Waals surface area contributed by atoms with Gasteiger partial charge in [-0.05, 0) is 25.7 Å². The Labute approximate surface area is 150 Å². The largest absolute Gasteiger partial charge is 0.481 e. The van der Waals surface area contributed by atoms with Crippen molar-refractivity contribution in [3.8, 4) is 0 Å². The highest BCUT2D eigenvalue weighted by atomic mass is 17.2. The van der Waals surface area contributed by atoms with E-state index in [0.717, 1.165) is 44.9 Å². The summed E-state index contributed by atoms with van der Waals surface area (Å²) in [6.07, 6.45) is 15.8. The summed E-state index contributed by atoms with van der Waals surface area (Å²) < 4.78 is 0. The highest BCUT2D eigenvalue weighted by Gasteiger charge is 2.49. The summed E-state index contributed by atoms with van der Waals surface area (Å²) in [6, 6.07) is 0. The highest BCUT2D eigenvalue weighted by molar-refractivity contribution is 5.66. The molecule has 5 atom stereocenters. The van der Waals surface area contributed by atoms with Gasteiger partial charge in [0.1, 0.15) is 6.10 Å². The summed E-state index contributed by atoms with van der Waals surface area (Å²) in [6.45, 7) is 2.16. The number of aliphatic hydroxyl groups excluding tert-OH is 1. The summed E-state index contributed by atoms with van der Waals surface area (Å²) >= 11 is 0. The molecule has 0 aromatic carbocycles. The van der Waals surface area contributed by atoms with Gasteiger partial charge in [0.15, 0.2) is 0 Å². The number of carboxylic acids is 1. The van der Waals surface area contributed by atoms with Gasteiger partial charge in [0.2, 0.25) is 0 Å². The van der Waals surface area contributed by atoms with Crippen molar-refractivity contribution >= 4 is 5.97 Å². The van der Waals surface area contributed by atoms with Crippen LogP contribution in [0.15, 0.2) is 24.3 Å². The summed E-state index contributed by atoms with van der Waals surface area (Å²) in [5, 5.41) is 18.7.